The van der Waals surface area contributed by atoms with E-state index in [0.29, 0.717) is 5.02 Å². The molecule has 3 heteroatoms. The third kappa shape index (κ3) is 2.44. The molecule has 0 radical (unpaired) electrons. The van der Waals surface area contributed by atoms with Gasteiger partial charge in [-0.15, -0.1) is 0 Å². The molecule has 0 saturated heterocycles. The molecule has 2 aromatic rings. The number of halogens is 1. The standard InChI is InChI=1S/C15H19ClN2/c1-5-17-12-9-13(15(2,3)4)18-14-10(12)7-6-8-11(14)16/h6-9H,5H2,1-4H3,(H,17,18). The minimum absolute atomic E-state index is 0.0114. The van der Waals surface area contributed by atoms with E-state index >= 15 is 0 Å². The Labute approximate surface area is 113 Å². The maximum absolute atomic E-state index is 6.26. The van der Waals surface area contributed by atoms with E-state index in [-0.39, 0.29) is 5.41 Å². The monoisotopic (exact) mass is 262 g/mol. The van der Waals surface area contributed by atoms with Gasteiger partial charge in [0.15, 0.2) is 0 Å². The molecule has 18 heavy (non-hydrogen) atoms. The van der Waals surface area contributed by atoms with Gasteiger partial charge in [-0.1, -0.05) is 44.5 Å². The van der Waals surface area contributed by atoms with E-state index in [1.807, 2.05) is 12.1 Å². The summed E-state index contributed by atoms with van der Waals surface area (Å²) < 4.78 is 0. The molecule has 0 amide bonds. The second kappa shape index (κ2) is 4.77. The molecule has 0 spiro atoms. The minimum Gasteiger partial charge on any atom is -0.385 e. The van der Waals surface area contributed by atoms with Crippen LogP contribution in [0, 0.1) is 0 Å². The highest BCUT2D eigenvalue weighted by Crippen LogP contribution is 2.32. The largest absolute Gasteiger partial charge is 0.385 e. The topological polar surface area (TPSA) is 24.9 Å². The van der Waals surface area contributed by atoms with E-state index in [9.17, 15) is 0 Å². The number of para-hydroxylation sites is 1. The quantitative estimate of drug-likeness (QED) is 0.854. The Hall–Kier alpha value is -1.28. The first-order valence-corrected chi connectivity index (χ1v) is 6.65. The van der Waals surface area contributed by atoms with Crippen LogP contribution < -0.4 is 5.32 Å². The predicted molar refractivity (Wildman–Crippen MR) is 79.6 cm³/mol. The van der Waals surface area contributed by atoms with Crippen molar-refractivity contribution in [3.05, 3.63) is 35.0 Å². The highest BCUT2D eigenvalue weighted by atomic mass is 35.5. The Balaban J connectivity index is 2.75. The van der Waals surface area contributed by atoms with Gasteiger partial charge in [0.05, 0.1) is 10.5 Å². The molecule has 0 atom stereocenters. The molecule has 1 heterocycles. The second-order valence-corrected chi connectivity index (χ2v) is 5.88. The Morgan fingerprint density at radius 1 is 1.28 bits per heavy atom. The zero-order valence-electron chi connectivity index (χ0n) is 11.3. The Morgan fingerprint density at radius 3 is 2.61 bits per heavy atom. The first-order valence-electron chi connectivity index (χ1n) is 6.27. The number of aromatic nitrogens is 1. The van der Waals surface area contributed by atoms with Crippen LogP contribution in [0.5, 0.6) is 0 Å². The molecule has 0 bridgehead atoms. The van der Waals surface area contributed by atoms with Gasteiger partial charge in [-0.3, -0.25) is 4.98 Å². The number of benzene rings is 1. The molecule has 0 aliphatic rings. The zero-order valence-corrected chi connectivity index (χ0v) is 12.1. The summed E-state index contributed by atoms with van der Waals surface area (Å²) in [5, 5.41) is 5.18. The van der Waals surface area contributed by atoms with Crippen LogP contribution in [-0.4, -0.2) is 11.5 Å². The molecule has 0 aliphatic heterocycles. The molecule has 1 aromatic heterocycles. The number of hydrogen-bond donors (Lipinski definition) is 1. The fourth-order valence-electron chi connectivity index (χ4n) is 1.93. The van der Waals surface area contributed by atoms with Crippen LogP contribution in [0.4, 0.5) is 5.69 Å². The Morgan fingerprint density at radius 2 is 2.00 bits per heavy atom. The summed E-state index contributed by atoms with van der Waals surface area (Å²) >= 11 is 6.26. The van der Waals surface area contributed by atoms with Crippen molar-refractivity contribution in [1.82, 2.24) is 4.98 Å². The third-order valence-electron chi connectivity index (χ3n) is 2.93. The van der Waals surface area contributed by atoms with Crippen LogP contribution in [0.2, 0.25) is 5.02 Å². The molecule has 1 N–H and O–H groups in total. The lowest BCUT2D eigenvalue weighted by atomic mass is 9.90. The molecule has 0 saturated carbocycles. The molecule has 96 valence electrons. The highest BCUT2D eigenvalue weighted by molar-refractivity contribution is 6.35. The second-order valence-electron chi connectivity index (χ2n) is 5.47. The number of hydrogen-bond acceptors (Lipinski definition) is 2. The zero-order chi connectivity index (χ0) is 13.3. The van der Waals surface area contributed by atoms with E-state index in [1.165, 1.54) is 0 Å². The fourth-order valence-corrected chi connectivity index (χ4v) is 2.15. The minimum atomic E-state index is 0.0114. The molecule has 0 aliphatic carbocycles. The molecule has 2 rings (SSSR count). The number of rotatable bonds is 2. The molecular formula is C15H19ClN2. The van der Waals surface area contributed by atoms with Crippen LogP contribution in [-0.2, 0) is 5.41 Å². The van der Waals surface area contributed by atoms with Gasteiger partial charge in [0.25, 0.3) is 0 Å². The summed E-state index contributed by atoms with van der Waals surface area (Å²) in [6.45, 7) is 9.46. The van der Waals surface area contributed by atoms with E-state index < -0.39 is 0 Å². The lowest BCUT2D eigenvalue weighted by Crippen LogP contribution is -2.14. The van der Waals surface area contributed by atoms with Crippen molar-refractivity contribution in [2.24, 2.45) is 0 Å². The number of fused-ring (bicyclic) bond motifs is 1. The van der Waals surface area contributed by atoms with Gasteiger partial charge in [0.2, 0.25) is 0 Å². The van der Waals surface area contributed by atoms with Crippen LogP contribution in [0.15, 0.2) is 24.3 Å². The number of pyridine rings is 1. The predicted octanol–water partition coefficient (Wildman–Crippen LogP) is 4.62. The first-order chi connectivity index (χ1) is 8.43. The van der Waals surface area contributed by atoms with Crippen molar-refractivity contribution in [2.75, 3.05) is 11.9 Å². The molecule has 1 aromatic carbocycles. The summed E-state index contributed by atoms with van der Waals surface area (Å²) in [5.74, 6) is 0. The van der Waals surface area contributed by atoms with E-state index in [0.717, 1.165) is 28.8 Å². The highest BCUT2D eigenvalue weighted by Gasteiger charge is 2.18. The maximum Gasteiger partial charge on any atom is 0.0912 e. The summed E-state index contributed by atoms with van der Waals surface area (Å²) in [6, 6.07) is 8.03. The first kappa shape index (κ1) is 13.2. The van der Waals surface area contributed by atoms with Gasteiger partial charge in [0.1, 0.15) is 0 Å². The van der Waals surface area contributed by atoms with Crippen molar-refractivity contribution < 1.29 is 0 Å². The number of nitrogens with zero attached hydrogens (tertiary/aromatic N) is 1. The summed E-state index contributed by atoms with van der Waals surface area (Å²) in [5.41, 5.74) is 3.05. The Bertz CT molecular complexity index is 570. The average Bonchev–Trinajstić information content (AvgIpc) is 2.29. The lowest BCUT2D eigenvalue weighted by Gasteiger charge is -2.20. The molecule has 0 fully saturated rings. The van der Waals surface area contributed by atoms with Crippen LogP contribution in [0.3, 0.4) is 0 Å². The van der Waals surface area contributed by atoms with Crippen LogP contribution in [0.25, 0.3) is 10.9 Å². The molecule has 2 nitrogen and oxygen atoms in total. The summed E-state index contributed by atoms with van der Waals surface area (Å²) in [7, 11) is 0. The number of nitrogens with one attached hydrogen (secondary N) is 1. The Kier molecular flexibility index (Phi) is 3.49. The van der Waals surface area contributed by atoms with Gasteiger partial charge in [-0.2, -0.15) is 0 Å². The molecular weight excluding hydrogens is 244 g/mol. The summed E-state index contributed by atoms with van der Waals surface area (Å²) in [4.78, 5) is 4.72. The van der Waals surface area contributed by atoms with Gasteiger partial charge in [-0.05, 0) is 19.1 Å². The van der Waals surface area contributed by atoms with Gasteiger partial charge in [-0.25, -0.2) is 0 Å². The normalized spacial score (nSPS) is 11.8. The number of anilines is 1. The van der Waals surface area contributed by atoms with Gasteiger partial charge < -0.3 is 5.32 Å². The van der Waals surface area contributed by atoms with Gasteiger partial charge in [0, 0.05) is 28.7 Å². The average molecular weight is 263 g/mol. The fraction of sp³-hybridized carbons (Fsp3) is 0.400. The SMILES string of the molecule is CCNc1cc(C(C)(C)C)nc2c(Cl)cccc12. The van der Waals surface area contributed by atoms with Crippen molar-refractivity contribution >= 4 is 28.2 Å². The smallest absolute Gasteiger partial charge is 0.0912 e. The van der Waals surface area contributed by atoms with Crippen molar-refractivity contribution in [3.63, 3.8) is 0 Å². The van der Waals surface area contributed by atoms with Gasteiger partial charge >= 0.3 is 0 Å². The lowest BCUT2D eigenvalue weighted by molar-refractivity contribution is 0.572. The van der Waals surface area contributed by atoms with Crippen molar-refractivity contribution in [3.8, 4) is 0 Å². The van der Waals surface area contributed by atoms with E-state index in [4.69, 9.17) is 16.6 Å². The van der Waals surface area contributed by atoms with Crippen molar-refractivity contribution in [1.29, 1.82) is 0 Å². The maximum atomic E-state index is 6.26. The van der Waals surface area contributed by atoms with E-state index in [2.05, 4.69) is 45.1 Å². The summed E-state index contributed by atoms with van der Waals surface area (Å²) in [6.07, 6.45) is 0. The van der Waals surface area contributed by atoms with Crippen LogP contribution >= 0.6 is 11.6 Å². The van der Waals surface area contributed by atoms with Crippen LogP contribution in [0.1, 0.15) is 33.4 Å². The molecule has 0 unspecified atom stereocenters. The third-order valence-corrected chi connectivity index (χ3v) is 3.23. The van der Waals surface area contributed by atoms with E-state index in [1.54, 1.807) is 0 Å². The van der Waals surface area contributed by atoms with Crippen molar-refractivity contribution in [2.45, 2.75) is 33.1 Å².